The molecule has 0 saturated carbocycles. The average Bonchev–Trinajstić information content (AvgIpc) is 2.39. The van der Waals surface area contributed by atoms with E-state index < -0.39 is 0 Å². The minimum Gasteiger partial charge on any atom is -0.244 e. The zero-order chi connectivity index (χ0) is 14.0. The predicted molar refractivity (Wildman–Crippen MR) is 79.0 cm³/mol. The van der Waals surface area contributed by atoms with Crippen LogP contribution in [0.1, 0.15) is 5.56 Å². The first-order chi connectivity index (χ1) is 9.04. The normalized spacial score (nSPS) is 10.3. The fourth-order valence-electron chi connectivity index (χ4n) is 1.60. The quantitative estimate of drug-likeness (QED) is 0.543. The van der Waals surface area contributed by atoms with Crippen molar-refractivity contribution in [3.8, 4) is 17.2 Å². The number of hydrogen-bond donors (Lipinski definition) is 0. The van der Waals surface area contributed by atoms with Crippen LogP contribution in [0.2, 0.25) is 20.2 Å². The number of hydrogen-bond acceptors (Lipinski definition) is 2. The molecule has 19 heavy (non-hydrogen) atoms. The lowest BCUT2D eigenvalue weighted by Crippen LogP contribution is -1.90. The van der Waals surface area contributed by atoms with Gasteiger partial charge in [-0.15, -0.1) is 0 Å². The van der Waals surface area contributed by atoms with Gasteiger partial charge in [-0.1, -0.05) is 52.5 Å². The van der Waals surface area contributed by atoms with Gasteiger partial charge in [-0.3, -0.25) is 0 Å². The Kier molecular flexibility index (Phi) is 4.54. The minimum absolute atomic E-state index is 0.246. The van der Waals surface area contributed by atoms with Crippen molar-refractivity contribution in [3.63, 3.8) is 0 Å². The van der Waals surface area contributed by atoms with E-state index in [-0.39, 0.29) is 11.4 Å². The Hall–Kier alpha value is -0.980. The van der Waals surface area contributed by atoms with Crippen LogP contribution >= 0.6 is 46.4 Å². The lowest BCUT2D eigenvalue weighted by Gasteiger charge is -2.09. The monoisotopic (exact) mass is 330 g/mol. The topological polar surface area (TPSA) is 36.7 Å². The summed E-state index contributed by atoms with van der Waals surface area (Å²) < 4.78 is 0. The van der Waals surface area contributed by atoms with Crippen LogP contribution in [0.5, 0.6) is 0 Å². The fraction of sp³-hybridized carbons (Fsp3) is 0.0769. The van der Waals surface area contributed by atoms with Crippen molar-refractivity contribution < 1.29 is 0 Å². The lowest BCUT2D eigenvalue weighted by molar-refractivity contribution is 1.19. The molecule has 0 bridgehead atoms. The highest BCUT2D eigenvalue weighted by molar-refractivity contribution is 6.49. The first-order valence-corrected chi connectivity index (χ1v) is 6.71. The van der Waals surface area contributed by atoms with Crippen LogP contribution < -0.4 is 0 Å². The third kappa shape index (κ3) is 2.96. The van der Waals surface area contributed by atoms with Gasteiger partial charge in [-0.05, 0) is 17.7 Å². The Morgan fingerprint density at radius 3 is 2.47 bits per heavy atom. The SMILES string of the molecule is N#CCc1cnc(Cl)c(-c2ccc(Cl)c(Cl)c2Cl)c1. The van der Waals surface area contributed by atoms with Gasteiger partial charge in [0.15, 0.2) is 0 Å². The van der Waals surface area contributed by atoms with Crippen molar-refractivity contribution in [2.45, 2.75) is 6.42 Å². The number of pyridine rings is 1. The summed E-state index contributed by atoms with van der Waals surface area (Å²) in [6.07, 6.45) is 1.80. The van der Waals surface area contributed by atoms with Gasteiger partial charge in [-0.2, -0.15) is 5.26 Å². The van der Waals surface area contributed by atoms with Crippen molar-refractivity contribution in [2.24, 2.45) is 0 Å². The maximum Gasteiger partial charge on any atom is 0.136 e. The Morgan fingerprint density at radius 1 is 1.05 bits per heavy atom. The summed E-state index contributed by atoms with van der Waals surface area (Å²) in [4.78, 5) is 4.05. The molecule has 1 heterocycles. The van der Waals surface area contributed by atoms with Crippen molar-refractivity contribution in [3.05, 3.63) is 50.2 Å². The number of aromatic nitrogens is 1. The number of rotatable bonds is 2. The molecule has 6 heteroatoms. The standard InChI is InChI=1S/C13H6Cl4N2/c14-10-2-1-8(11(15)12(10)16)9-5-7(3-4-18)6-19-13(9)17/h1-2,5-6H,3H2. The van der Waals surface area contributed by atoms with Crippen LogP contribution in [0, 0.1) is 11.3 Å². The minimum atomic E-state index is 0.246. The second-order valence-corrected chi connectivity index (χ2v) is 5.26. The fourth-order valence-corrected chi connectivity index (χ4v) is 2.44. The molecule has 1 aromatic heterocycles. The van der Waals surface area contributed by atoms with Gasteiger partial charge in [-0.25, -0.2) is 4.98 Å². The van der Waals surface area contributed by atoms with Gasteiger partial charge in [0.25, 0.3) is 0 Å². The van der Waals surface area contributed by atoms with E-state index >= 15 is 0 Å². The molecular formula is C13H6Cl4N2. The molecular weight excluding hydrogens is 326 g/mol. The van der Waals surface area contributed by atoms with Gasteiger partial charge in [0.1, 0.15) is 5.15 Å². The predicted octanol–water partition coefficient (Wildman–Crippen LogP) is 5.43. The van der Waals surface area contributed by atoms with E-state index in [4.69, 9.17) is 51.7 Å². The van der Waals surface area contributed by atoms with Crippen molar-refractivity contribution in [1.82, 2.24) is 4.98 Å². The molecule has 2 nitrogen and oxygen atoms in total. The Bertz CT molecular complexity index is 677. The zero-order valence-electron chi connectivity index (χ0n) is 9.42. The third-order valence-electron chi connectivity index (χ3n) is 2.50. The summed E-state index contributed by atoms with van der Waals surface area (Å²) in [5.74, 6) is 0. The lowest BCUT2D eigenvalue weighted by atomic mass is 10.0. The molecule has 0 aliphatic heterocycles. The van der Waals surface area contributed by atoms with Gasteiger partial charge >= 0.3 is 0 Å². The van der Waals surface area contributed by atoms with E-state index in [0.29, 0.717) is 26.3 Å². The molecule has 0 spiro atoms. The number of benzene rings is 1. The summed E-state index contributed by atoms with van der Waals surface area (Å²) in [7, 11) is 0. The third-order valence-corrected chi connectivity index (χ3v) is 4.10. The Balaban J connectivity index is 2.62. The molecule has 0 fully saturated rings. The molecule has 0 unspecified atom stereocenters. The molecule has 0 radical (unpaired) electrons. The summed E-state index contributed by atoms with van der Waals surface area (Å²) in [5.41, 5.74) is 2.01. The smallest absolute Gasteiger partial charge is 0.136 e. The summed E-state index contributed by atoms with van der Waals surface area (Å²) >= 11 is 24.1. The molecule has 0 amide bonds. The van der Waals surface area contributed by atoms with E-state index in [1.807, 2.05) is 0 Å². The second-order valence-electron chi connectivity index (χ2n) is 3.74. The molecule has 0 aliphatic rings. The van der Waals surface area contributed by atoms with Crippen LogP contribution in [-0.2, 0) is 6.42 Å². The van der Waals surface area contributed by atoms with Crippen molar-refractivity contribution in [2.75, 3.05) is 0 Å². The molecule has 0 N–H and O–H groups in total. The summed E-state index contributed by atoms with van der Waals surface area (Å²) in [6, 6.07) is 7.18. The molecule has 2 aromatic rings. The Labute approximate surface area is 130 Å². The maximum absolute atomic E-state index is 8.71. The highest BCUT2D eigenvalue weighted by Crippen LogP contribution is 2.40. The van der Waals surface area contributed by atoms with Crippen LogP contribution in [0.3, 0.4) is 0 Å². The highest BCUT2D eigenvalue weighted by atomic mass is 35.5. The van der Waals surface area contributed by atoms with E-state index in [0.717, 1.165) is 5.56 Å². The molecule has 0 atom stereocenters. The molecule has 1 aromatic carbocycles. The highest BCUT2D eigenvalue weighted by Gasteiger charge is 2.14. The van der Waals surface area contributed by atoms with Crippen LogP contribution in [0.4, 0.5) is 0 Å². The molecule has 96 valence electrons. The van der Waals surface area contributed by atoms with E-state index in [1.54, 1.807) is 24.4 Å². The van der Waals surface area contributed by atoms with E-state index in [9.17, 15) is 0 Å². The van der Waals surface area contributed by atoms with E-state index in [2.05, 4.69) is 11.1 Å². The van der Waals surface area contributed by atoms with Crippen LogP contribution in [-0.4, -0.2) is 4.98 Å². The van der Waals surface area contributed by atoms with Gasteiger partial charge < -0.3 is 0 Å². The first kappa shape index (κ1) is 14.4. The summed E-state index contributed by atoms with van der Waals surface area (Å²) in [5, 5.41) is 9.95. The van der Waals surface area contributed by atoms with Gasteiger partial charge in [0.2, 0.25) is 0 Å². The molecule has 0 saturated heterocycles. The number of nitrogens with zero attached hydrogens (tertiary/aromatic N) is 2. The van der Waals surface area contributed by atoms with Crippen molar-refractivity contribution >= 4 is 46.4 Å². The Morgan fingerprint density at radius 2 is 1.79 bits per heavy atom. The zero-order valence-corrected chi connectivity index (χ0v) is 12.4. The first-order valence-electron chi connectivity index (χ1n) is 5.20. The van der Waals surface area contributed by atoms with Crippen LogP contribution in [0.25, 0.3) is 11.1 Å². The van der Waals surface area contributed by atoms with Gasteiger partial charge in [0, 0.05) is 17.3 Å². The molecule has 2 rings (SSSR count). The maximum atomic E-state index is 8.71. The second kappa shape index (κ2) is 5.98. The average molecular weight is 332 g/mol. The van der Waals surface area contributed by atoms with Crippen LogP contribution in [0.15, 0.2) is 24.4 Å². The largest absolute Gasteiger partial charge is 0.244 e. The number of halogens is 4. The van der Waals surface area contributed by atoms with Crippen molar-refractivity contribution in [1.29, 1.82) is 5.26 Å². The summed E-state index contributed by atoms with van der Waals surface area (Å²) in [6.45, 7) is 0. The molecule has 0 aliphatic carbocycles. The van der Waals surface area contributed by atoms with Gasteiger partial charge in [0.05, 0.1) is 27.6 Å². The number of nitriles is 1. The van der Waals surface area contributed by atoms with E-state index in [1.165, 1.54) is 0 Å².